The summed E-state index contributed by atoms with van der Waals surface area (Å²) < 4.78 is 5.71. The average molecular weight is 226 g/mol. The number of nitrogens with two attached hydrogens (primary N) is 1. The maximum atomic E-state index is 5.71. The fraction of sp³-hybridized carbons (Fsp3) is 0.846. The van der Waals surface area contributed by atoms with Crippen molar-refractivity contribution >= 4 is 0 Å². The molecule has 0 aromatic rings. The van der Waals surface area contributed by atoms with Gasteiger partial charge in [0.25, 0.3) is 0 Å². The Balaban J connectivity index is 2.19. The summed E-state index contributed by atoms with van der Waals surface area (Å²) in [6.07, 6.45) is 8.43. The highest BCUT2D eigenvalue weighted by molar-refractivity contribution is 4.96. The van der Waals surface area contributed by atoms with Crippen molar-refractivity contribution in [2.75, 3.05) is 6.61 Å². The normalized spacial score (nSPS) is 23.0. The Hall–Kier alpha value is -0.380. The van der Waals surface area contributed by atoms with Gasteiger partial charge in [-0.1, -0.05) is 19.1 Å². The predicted molar refractivity (Wildman–Crippen MR) is 68.0 cm³/mol. The fourth-order valence-electron chi connectivity index (χ4n) is 2.16. The lowest BCUT2D eigenvalue weighted by atomic mass is 9.97. The van der Waals surface area contributed by atoms with Crippen LogP contribution in [0.2, 0.25) is 0 Å². The molecular formula is C13H26N2O. The van der Waals surface area contributed by atoms with Crippen LogP contribution in [0.4, 0.5) is 0 Å². The first-order chi connectivity index (χ1) is 7.76. The molecule has 0 saturated carbocycles. The highest BCUT2D eigenvalue weighted by atomic mass is 16.5. The second kappa shape index (κ2) is 7.82. The van der Waals surface area contributed by atoms with Crippen molar-refractivity contribution < 1.29 is 4.74 Å². The van der Waals surface area contributed by atoms with Gasteiger partial charge in [0.1, 0.15) is 0 Å². The molecule has 3 heteroatoms. The monoisotopic (exact) mass is 226 g/mol. The van der Waals surface area contributed by atoms with Crippen LogP contribution in [-0.4, -0.2) is 18.8 Å². The highest BCUT2D eigenvalue weighted by Crippen LogP contribution is 2.19. The van der Waals surface area contributed by atoms with Crippen LogP contribution >= 0.6 is 0 Å². The Morgan fingerprint density at radius 3 is 2.94 bits per heavy atom. The molecule has 1 saturated heterocycles. The third kappa shape index (κ3) is 5.10. The first kappa shape index (κ1) is 13.7. The minimum absolute atomic E-state index is 0.359. The minimum atomic E-state index is 0.359. The number of hydrogen-bond acceptors (Lipinski definition) is 3. The van der Waals surface area contributed by atoms with Crippen molar-refractivity contribution in [3.8, 4) is 0 Å². The molecule has 16 heavy (non-hydrogen) atoms. The molecule has 0 bridgehead atoms. The smallest absolute Gasteiger partial charge is 0.0575 e. The van der Waals surface area contributed by atoms with Gasteiger partial charge in [-0.25, -0.2) is 0 Å². The van der Waals surface area contributed by atoms with Crippen LogP contribution in [0.5, 0.6) is 0 Å². The topological polar surface area (TPSA) is 47.3 Å². The Labute approximate surface area is 99.4 Å². The second-order valence-electron chi connectivity index (χ2n) is 4.74. The molecule has 1 fully saturated rings. The van der Waals surface area contributed by atoms with Crippen LogP contribution in [-0.2, 0) is 4.74 Å². The van der Waals surface area contributed by atoms with E-state index in [-0.39, 0.29) is 0 Å². The zero-order valence-corrected chi connectivity index (χ0v) is 10.5. The summed E-state index contributed by atoms with van der Waals surface area (Å²) in [4.78, 5) is 0. The van der Waals surface area contributed by atoms with E-state index in [0.717, 1.165) is 32.3 Å². The summed E-state index contributed by atoms with van der Waals surface area (Å²) in [5, 5.41) is 0. The lowest BCUT2D eigenvalue weighted by Gasteiger charge is -2.25. The molecule has 0 amide bonds. The molecule has 3 nitrogen and oxygen atoms in total. The largest absolute Gasteiger partial charge is 0.378 e. The Morgan fingerprint density at radius 2 is 2.38 bits per heavy atom. The van der Waals surface area contributed by atoms with Gasteiger partial charge in [-0.15, -0.1) is 0 Å². The molecule has 2 unspecified atom stereocenters. The average Bonchev–Trinajstić information content (AvgIpc) is 2.35. The molecule has 3 N–H and O–H groups in total. The van der Waals surface area contributed by atoms with Crippen LogP contribution in [0.15, 0.2) is 12.2 Å². The molecule has 1 heterocycles. The summed E-state index contributed by atoms with van der Waals surface area (Å²) in [7, 11) is 0. The Morgan fingerprint density at radius 1 is 1.56 bits per heavy atom. The number of ether oxygens (including phenoxy) is 1. The van der Waals surface area contributed by atoms with Gasteiger partial charge >= 0.3 is 0 Å². The summed E-state index contributed by atoms with van der Waals surface area (Å²) in [5.41, 5.74) is 4.16. The van der Waals surface area contributed by atoms with E-state index in [9.17, 15) is 0 Å². The standard InChI is InChI=1S/C13H26N2O/c1-3-11(2)10-12(15-14)7-8-13-6-4-5-9-16-13/h12-13,15H,2-10,14H2,1H3. The van der Waals surface area contributed by atoms with E-state index < -0.39 is 0 Å². The molecule has 94 valence electrons. The highest BCUT2D eigenvalue weighted by Gasteiger charge is 2.16. The van der Waals surface area contributed by atoms with Crippen molar-refractivity contribution in [1.82, 2.24) is 5.43 Å². The summed E-state index contributed by atoms with van der Waals surface area (Å²) in [5.74, 6) is 5.56. The lowest BCUT2D eigenvalue weighted by molar-refractivity contribution is 0.00858. The molecule has 1 rings (SSSR count). The summed E-state index contributed by atoms with van der Waals surface area (Å²) >= 11 is 0. The first-order valence-corrected chi connectivity index (χ1v) is 6.50. The van der Waals surface area contributed by atoms with Crippen molar-refractivity contribution in [3.63, 3.8) is 0 Å². The predicted octanol–water partition coefficient (Wildman–Crippen LogP) is 2.52. The maximum Gasteiger partial charge on any atom is 0.0575 e. The zero-order valence-electron chi connectivity index (χ0n) is 10.5. The van der Waals surface area contributed by atoms with Crippen molar-refractivity contribution in [3.05, 3.63) is 12.2 Å². The SMILES string of the molecule is C=C(CC)CC(CCC1CCCCO1)NN. The molecular weight excluding hydrogens is 200 g/mol. The lowest BCUT2D eigenvalue weighted by Crippen LogP contribution is -2.36. The molecule has 0 spiro atoms. The van der Waals surface area contributed by atoms with Gasteiger partial charge in [0.05, 0.1) is 6.10 Å². The van der Waals surface area contributed by atoms with Gasteiger partial charge in [-0.3, -0.25) is 11.3 Å². The van der Waals surface area contributed by atoms with E-state index in [0.29, 0.717) is 12.1 Å². The third-order valence-electron chi connectivity index (χ3n) is 3.38. The molecule has 0 aromatic carbocycles. The van der Waals surface area contributed by atoms with Crippen molar-refractivity contribution in [2.45, 2.75) is 64.0 Å². The van der Waals surface area contributed by atoms with E-state index >= 15 is 0 Å². The van der Waals surface area contributed by atoms with Crippen LogP contribution in [0.1, 0.15) is 51.9 Å². The quantitative estimate of drug-likeness (QED) is 0.398. The molecule has 1 aliphatic rings. The van der Waals surface area contributed by atoms with Crippen LogP contribution in [0.25, 0.3) is 0 Å². The molecule has 0 aromatic heterocycles. The zero-order chi connectivity index (χ0) is 11.8. The van der Waals surface area contributed by atoms with Crippen LogP contribution in [0, 0.1) is 0 Å². The Kier molecular flexibility index (Phi) is 6.69. The molecule has 0 aliphatic carbocycles. The second-order valence-corrected chi connectivity index (χ2v) is 4.74. The maximum absolute atomic E-state index is 5.71. The van der Waals surface area contributed by atoms with Gasteiger partial charge in [-0.2, -0.15) is 0 Å². The summed E-state index contributed by atoms with van der Waals surface area (Å²) in [6, 6.07) is 0.359. The third-order valence-corrected chi connectivity index (χ3v) is 3.38. The van der Waals surface area contributed by atoms with Crippen molar-refractivity contribution in [2.24, 2.45) is 5.84 Å². The Bertz CT molecular complexity index is 200. The van der Waals surface area contributed by atoms with Gasteiger partial charge in [0.15, 0.2) is 0 Å². The molecule has 1 aliphatic heterocycles. The van der Waals surface area contributed by atoms with E-state index in [4.69, 9.17) is 10.6 Å². The van der Waals surface area contributed by atoms with Crippen LogP contribution < -0.4 is 11.3 Å². The number of hydrogen-bond donors (Lipinski definition) is 2. The number of hydrazine groups is 1. The van der Waals surface area contributed by atoms with Gasteiger partial charge in [0, 0.05) is 12.6 Å². The van der Waals surface area contributed by atoms with Crippen LogP contribution in [0.3, 0.4) is 0 Å². The molecule has 0 radical (unpaired) electrons. The fourth-order valence-corrected chi connectivity index (χ4v) is 2.16. The molecule has 2 atom stereocenters. The van der Waals surface area contributed by atoms with E-state index in [1.165, 1.54) is 24.8 Å². The van der Waals surface area contributed by atoms with Gasteiger partial charge in [-0.05, 0) is 44.9 Å². The first-order valence-electron chi connectivity index (χ1n) is 6.50. The number of rotatable bonds is 7. The van der Waals surface area contributed by atoms with Crippen molar-refractivity contribution in [1.29, 1.82) is 0 Å². The van der Waals surface area contributed by atoms with E-state index in [2.05, 4.69) is 18.9 Å². The van der Waals surface area contributed by atoms with E-state index in [1.54, 1.807) is 0 Å². The van der Waals surface area contributed by atoms with E-state index in [1.807, 2.05) is 0 Å². The number of nitrogens with one attached hydrogen (secondary N) is 1. The minimum Gasteiger partial charge on any atom is -0.378 e. The van der Waals surface area contributed by atoms with Gasteiger partial charge < -0.3 is 4.74 Å². The summed E-state index contributed by atoms with van der Waals surface area (Å²) in [6.45, 7) is 7.11. The van der Waals surface area contributed by atoms with Gasteiger partial charge in [0.2, 0.25) is 0 Å².